The van der Waals surface area contributed by atoms with Crippen molar-refractivity contribution in [2.24, 2.45) is 4.99 Å². The molecule has 2 aromatic carbocycles. The summed E-state index contributed by atoms with van der Waals surface area (Å²) in [5.74, 6) is 1.64. The molecule has 0 N–H and O–H groups in total. The summed E-state index contributed by atoms with van der Waals surface area (Å²) in [6, 6.07) is 17.5. The van der Waals surface area contributed by atoms with E-state index in [4.69, 9.17) is 23.6 Å². The van der Waals surface area contributed by atoms with Gasteiger partial charge in [-0.1, -0.05) is 47.7 Å². The Kier molecular flexibility index (Phi) is 7.61. The van der Waals surface area contributed by atoms with Crippen molar-refractivity contribution in [3.05, 3.63) is 103 Å². The molecule has 1 atom stereocenters. The summed E-state index contributed by atoms with van der Waals surface area (Å²) in [5, 5.41) is 0. The highest BCUT2D eigenvalue weighted by atomic mass is 32.1. The van der Waals surface area contributed by atoms with Gasteiger partial charge in [0.15, 0.2) is 22.2 Å². The second-order valence-electron chi connectivity index (χ2n) is 9.12. The first kappa shape index (κ1) is 27.0. The Balaban J connectivity index is 1.82. The van der Waals surface area contributed by atoms with Gasteiger partial charge in [-0.05, 0) is 30.7 Å². The number of nitrogens with zero attached hydrogens (tertiary/aromatic N) is 3. The third-order valence-corrected chi connectivity index (χ3v) is 7.41. The quantitative estimate of drug-likeness (QED) is 0.305. The fourth-order valence-corrected chi connectivity index (χ4v) is 5.55. The van der Waals surface area contributed by atoms with Gasteiger partial charge >= 0.3 is 5.97 Å². The number of rotatable bonds is 8. The van der Waals surface area contributed by atoms with E-state index in [0.717, 1.165) is 5.56 Å². The number of methoxy groups -OCH3 is 2. The van der Waals surface area contributed by atoms with E-state index in [0.29, 0.717) is 43.7 Å². The number of fused-ring (bicyclic) bond motifs is 1. The molecule has 9 nitrogen and oxygen atoms in total. The number of furan rings is 1. The van der Waals surface area contributed by atoms with Gasteiger partial charge in [0.25, 0.3) is 5.56 Å². The molecule has 206 valence electrons. The second kappa shape index (κ2) is 11.3. The van der Waals surface area contributed by atoms with Crippen molar-refractivity contribution in [3.63, 3.8) is 0 Å². The van der Waals surface area contributed by atoms with Crippen molar-refractivity contribution in [3.8, 4) is 11.5 Å². The number of carbonyl (C=O) groups is 1. The lowest BCUT2D eigenvalue weighted by Crippen LogP contribution is -2.40. The molecule has 3 heterocycles. The standard InChI is InChI=1S/C30H29N3O6S/c1-6-38-29(35)25-26(18-10-8-7-9-11-18)31-30-33(27(25)19-12-14-21(36-4)22(16-19)37-5)28(34)23(40-30)17-20-13-15-24(39-20)32(2)3/h7-17,27H,6H2,1-5H3/b23-17-/t27-/m0/s1. The van der Waals surface area contributed by atoms with Crippen LogP contribution in [0.25, 0.3) is 11.8 Å². The van der Waals surface area contributed by atoms with E-state index in [-0.39, 0.29) is 17.7 Å². The van der Waals surface area contributed by atoms with Crippen LogP contribution in [0.2, 0.25) is 0 Å². The molecule has 0 aliphatic carbocycles. The van der Waals surface area contributed by atoms with Gasteiger partial charge in [-0.15, -0.1) is 0 Å². The molecule has 0 radical (unpaired) electrons. The van der Waals surface area contributed by atoms with E-state index >= 15 is 0 Å². The lowest BCUT2D eigenvalue weighted by Gasteiger charge is -2.26. The van der Waals surface area contributed by atoms with Crippen LogP contribution in [-0.2, 0) is 9.53 Å². The molecule has 0 unspecified atom stereocenters. The van der Waals surface area contributed by atoms with Crippen molar-refractivity contribution >= 4 is 35.0 Å². The minimum Gasteiger partial charge on any atom is -0.493 e. The molecule has 0 fully saturated rings. The highest BCUT2D eigenvalue weighted by Crippen LogP contribution is 2.38. The van der Waals surface area contributed by atoms with Crippen LogP contribution in [0, 0.1) is 0 Å². The third-order valence-electron chi connectivity index (χ3n) is 6.42. The Morgan fingerprint density at radius 3 is 2.48 bits per heavy atom. The van der Waals surface area contributed by atoms with Crippen LogP contribution in [0.15, 0.2) is 80.4 Å². The smallest absolute Gasteiger partial charge is 0.338 e. The average molecular weight is 560 g/mol. The summed E-state index contributed by atoms with van der Waals surface area (Å²) in [7, 11) is 6.84. The first-order chi connectivity index (χ1) is 19.4. The van der Waals surface area contributed by atoms with E-state index in [1.54, 1.807) is 38.3 Å². The maximum Gasteiger partial charge on any atom is 0.338 e. The minimum atomic E-state index is -0.832. The van der Waals surface area contributed by atoms with E-state index < -0.39 is 12.0 Å². The number of carbonyl (C=O) groups excluding carboxylic acids is 1. The summed E-state index contributed by atoms with van der Waals surface area (Å²) in [4.78, 5) is 34.7. The zero-order valence-electron chi connectivity index (χ0n) is 22.8. The Labute approximate surface area is 234 Å². The molecule has 0 bridgehead atoms. The van der Waals surface area contributed by atoms with Crippen LogP contribution in [0.4, 0.5) is 5.88 Å². The molecule has 40 heavy (non-hydrogen) atoms. The molecule has 0 spiro atoms. The van der Waals surface area contributed by atoms with Crippen molar-refractivity contribution in [2.45, 2.75) is 13.0 Å². The van der Waals surface area contributed by atoms with E-state index in [2.05, 4.69) is 0 Å². The van der Waals surface area contributed by atoms with Crippen molar-refractivity contribution in [1.29, 1.82) is 0 Å². The molecular weight excluding hydrogens is 530 g/mol. The van der Waals surface area contributed by atoms with Crippen molar-refractivity contribution in [2.75, 3.05) is 39.8 Å². The number of benzene rings is 2. The number of aromatic nitrogens is 1. The highest BCUT2D eigenvalue weighted by molar-refractivity contribution is 7.07. The number of hydrogen-bond donors (Lipinski definition) is 0. The van der Waals surface area contributed by atoms with Crippen molar-refractivity contribution in [1.82, 2.24) is 4.57 Å². The van der Waals surface area contributed by atoms with E-state index in [9.17, 15) is 9.59 Å². The number of thiazole rings is 1. The molecule has 4 aromatic rings. The SMILES string of the molecule is CCOC(=O)C1=C(c2ccccc2)N=c2s/c(=C\c3ccc(N(C)C)o3)c(=O)n2[C@H]1c1ccc(OC)c(OC)c1. The van der Waals surface area contributed by atoms with Gasteiger partial charge in [0, 0.05) is 31.8 Å². The first-order valence-electron chi connectivity index (χ1n) is 12.6. The van der Waals surface area contributed by atoms with Crippen LogP contribution in [-0.4, -0.2) is 45.5 Å². The lowest BCUT2D eigenvalue weighted by molar-refractivity contribution is -0.138. The van der Waals surface area contributed by atoms with Gasteiger partial charge < -0.3 is 23.5 Å². The Hall–Kier alpha value is -4.57. The Bertz CT molecular complexity index is 1760. The van der Waals surface area contributed by atoms with Crippen LogP contribution < -0.4 is 29.3 Å². The highest BCUT2D eigenvalue weighted by Gasteiger charge is 2.35. The summed E-state index contributed by atoms with van der Waals surface area (Å²) in [6.07, 6.45) is 1.69. The van der Waals surface area contributed by atoms with Gasteiger partial charge in [-0.3, -0.25) is 9.36 Å². The molecule has 5 rings (SSSR count). The van der Waals surface area contributed by atoms with Gasteiger partial charge in [-0.25, -0.2) is 9.79 Å². The predicted octanol–water partition coefficient (Wildman–Crippen LogP) is 3.61. The summed E-state index contributed by atoms with van der Waals surface area (Å²) in [5.41, 5.74) is 1.77. The largest absolute Gasteiger partial charge is 0.493 e. The van der Waals surface area contributed by atoms with Crippen LogP contribution >= 0.6 is 11.3 Å². The normalized spacial score (nSPS) is 14.9. The topological polar surface area (TPSA) is 95.5 Å². The van der Waals surface area contributed by atoms with Crippen LogP contribution in [0.1, 0.15) is 29.9 Å². The fourth-order valence-electron chi connectivity index (χ4n) is 4.57. The fraction of sp³-hybridized carbons (Fsp3) is 0.233. The maximum absolute atomic E-state index is 14.0. The van der Waals surface area contributed by atoms with E-state index in [1.807, 2.05) is 61.5 Å². The number of ether oxygens (including phenoxy) is 3. The summed E-state index contributed by atoms with van der Waals surface area (Å²) >= 11 is 1.23. The zero-order chi connectivity index (χ0) is 28.4. The van der Waals surface area contributed by atoms with Crippen LogP contribution in [0.5, 0.6) is 11.5 Å². The van der Waals surface area contributed by atoms with Crippen LogP contribution in [0.3, 0.4) is 0 Å². The first-order valence-corrected chi connectivity index (χ1v) is 13.5. The molecule has 10 heteroatoms. The maximum atomic E-state index is 14.0. The second-order valence-corrected chi connectivity index (χ2v) is 10.1. The Morgan fingerprint density at radius 1 is 1.07 bits per heavy atom. The molecule has 1 aliphatic rings. The molecule has 0 saturated carbocycles. The lowest BCUT2D eigenvalue weighted by atomic mass is 9.93. The van der Waals surface area contributed by atoms with Gasteiger partial charge in [0.2, 0.25) is 0 Å². The van der Waals surface area contributed by atoms with E-state index in [1.165, 1.54) is 23.0 Å². The predicted molar refractivity (Wildman–Crippen MR) is 154 cm³/mol. The van der Waals surface area contributed by atoms with Gasteiger partial charge in [0.05, 0.1) is 42.7 Å². The number of esters is 1. The molecular formula is C30H29N3O6S. The monoisotopic (exact) mass is 559 g/mol. The number of anilines is 1. The zero-order valence-corrected chi connectivity index (χ0v) is 23.7. The minimum absolute atomic E-state index is 0.167. The molecule has 1 aliphatic heterocycles. The van der Waals surface area contributed by atoms with Gasteiger partial charge in [0.1, 0.15) is 5.76 Å². The van der Waals surface area contributed by atoms with Crippen molar-refractivity contribution < 1.29 is 23.4 Å². The molecule has 2 aromatic heterocycles. The number of hydrogen-bond acceptors (Lipinski definition) is 9. The van der Waals surface area contributed by atoms with Gasteiger partial charge in [-0.2, -0.15) is 0 Å². The average Bonchev–Trinajstić information content (AvgIpc) is 3.56. The Morgan fingerprint density at radius 2 is 1.82 bits per heavy atom. The third kappa shape index (κ3) is 4.93. The summed E-state index contributed by atoms with van der Waals surface area (Å²) in [6.45, 7) is 1.91. The molecule has 0 amide bonds. The summed E-state index contributed by atoms with van der Waals surface area (Å²) < 4.78 is 24.3. The molecule has 0 saturated heterocycles.